The quantitative estimate of drug-likeness (QED) is 0.537. The molecule has 136 valence electrons. The summed E-state index contributed by atoms with van der Waals surface area (Å²) in [6.07, 6.45) is 8.87. The van der Waals surface area contributed by atoms with E-state index in [1.165, 1.54) is 13.3 Å². The first-order valence-electron chi connectivity index (χ1n) is 8.02. The molecule has 0 saturated carbocycles. The van der Waals surface area contributed by atoms with Crippen LogP contribution in [0.1, 0.15) is 20.3 Å². The summed E-state index contributed by atoms with van der Waals surface area (Å²) in [7, 11) is 1.78. The molecule has 1 heterocycles. The molecule has 0 amide bonds. The number of nitrogens with zero attached hydrogens (tertiary/aromatic N) is 2. The van der Waals surface area contributed by atoms with E-state index >= 15 is 0 Å². The van der Waals surface area contributed by atoms with E-state index in [0.717, 1.165) is 16.8 Å². The number of benzene rings is 1. The Bertz CT molecular complexity index is 898. The van der Waals surface area contributed by atoms with E-state index < -0.39 is 5.83 Å². The van der Waals surface area contributed by atoms with Crippen LogP contribution < -0.4 is 15.4 Å². The predicted octanol–water partition coefficient (Wildman–Crippen LogP) is 4.83. The highest BCUT2D eigenvalue weighted by atomic mass is 35.5. The molecule has 5 nitrogen and oxygen atoms in total. The van der Waals surface area contributed by atoms with Crippen molar-refractivity contribution in [1.82, 2.24) is 9.97 Å². The molecule has 0 bridgehead atoms. The zero-order valence-corrected chi connectivity index (χ0v) is 15.6. The van der Waals surface area contributed by atoms with E-state index in [1.54, 1.807) is 19.2 Å². The summed E-state index contributed by atoms with van der Waals surface area (Å²) in [4.78, 5) is 8.58. The highest BCUT2D eigenvalue weighted by molar-refractivity contribution is 6.31. The number of rotatable bonds is 7. The Morgan fingerprint density at radius 2 is 2.19 bits per heavy atom. The minimum Gasteiger partial charge on any atom is -0.479 e. The SMILES string of the molecule is C#CCOc1cc2ncnc(N/C(=C/C(Cl)=C(\C)F)CC)c2cc1NC. The number of allylic oxidation sites excluding steroid dienone is 4. The Labute approximate surface area is 157 Å². The molecular formula is C19H20ClFN4O. The van der Waals surface area contributed by atoms with Gasteiger partial charge in [-0.1, -0.05) is 24.4 Å². The summed E-state index contributed by atoms with van der Waals surface area (Å²) >= 11 is 5.90. The molecular weight excluding hydrogens is 355 g/mol. The van der Waals surface area contributed by atoms with Gasteiger partial charge in [0, 0.05) is 24.2 Å². The molecule has 1 aromatic heterocycles. The van der Waals surface area contributed by atoms with Gasteiger partial charge in [-0.05, 0) is 25.5 Å². The first-order chi connectivity index (χ1) is 12.5. The lowest BCUT2D eigenvalue weighted by molar-refractivity contribution is 0.372. The third kappa shape index (κ3) is 4.64. The second-order valence-electron chi connectivity index (χ2n) is 5.36. The van der Waals surface area contributed by atoms with Crippen LogP contribution in [0.15, 0.2) is 41.1 Å². The predicted molar refractivity (Wildman–Crippen MR) is 105 cm³/mol. The minimum atomic E-state index is -0.445. The van der Waals surface area contributed by atoms with E-state index in [2.05, 4.69) is 26.5 Å². The lowest BCUT2D eigenvalue weighted by atomic mass is 10.2. The van der Waals surface area contributed by atoms with Gasteiger partial charge in [-0.15, -0.1) is 6.42 Å². The molecule has 0 aliphatic heterocycles. The molecule has 0 unspecified atom stereocenters. The van der Waals surface area contributed by atoms with Crippen molar-refractivity contribution in [3.8, 4) is 18.1 Å². The summed E-state index contributed by atoms with van der Waals surface area (Å²) in [6.45, 7) is 3.40. The molecule has 7 heteroatoms. The molecule has 2 rings (SSSR count). The fourth-order valence-electron chi connectivity index (χ4n) is 2.25. The van der Waals surface area contributed by atoms with Gasteiger partial charge in [0.25, 0.3) is 0 Å². The maximum Gasteiger partial charge on any atom is 0.148 e. The Hall–Kier alpha value is -2.78. The van der Waals surface area contributed by atoms with Gasteiger partial charge in [0.05, 0.1) is 16.2 Å². The Morgan fingerprint density at radius 3 is 2.81 bits per heavy atom. The lowest BCUT2D eigenvalue weighted by Gasteiger charge is -2.14. The Morgan fingerprint density at radius 1 is 1.42 bits per heavy atom. The summed E-state index contributed by atoms with van der Waals surface area (Å²) in [6, 6.07) is 3.66. The van der Waals surface area contributed by atoms with E-state index in [4.69, 9.17) is 22.8 Å². The van der Waals surface area contributed by atoms with Crippen LogP contribution >= 0.6 is 11.6 Å². The van der Waals surface area contributed by atoms with Crippen LogP contribution in [0.2, 0.25) is 0 Å². The number of nitrogens with one attached hydrogen (secondary N) is 2. The van der Waals surface area contributed by atoms with Crippen LogP contribution in [0.5, 0.6) is 5.75 Å². The molecule has 0 spiro atoms. The van der Waals surface area contributed by atoms with E-state index in [0.29, 0.717) is 23.5 Å². The number of ether oxygens (including phenoxy) is 1. The molecule has 2 aromatic rings. The number of fused-ring (bicyclic) bond motifs is 1. The van der Waals surface area contributed by atoms with Crippen LogP contribution in [0.25, 0.3) is 10.9 Å². The summed E-state index contributed by atoms with van der Waals surface area (Å²) in [5.41, 5.74) is 2.17. The van der Waals surface area contributed by atoms with Gasteiger partial charge in [0.1, 0.15) is 30.3 Å². The maximum absolute atomic E-state index is 13.2. The first-order valence-corrected chi connectivity index (χ1v) is 8.40. The van der Waals surface area contributed by atoms with E-state index in [9.17, 15) is 4.39 Å². The van der Waals surface area contributed by atoms with Gasteiger partial charge in [0.15, 0.2) is 0 Å². The second kappa shape index (κ2) is 9.07. The van der Waals surface area contributed by atoms with Crippen LogP contribution in [0, 0.1) is 12.3 Å². The molecule has 0 aliphatic carbocycles. The number of halogens is 2. The third-order valence-corrected chi connectivity index (χ3v) is 3.98. The lowest BCUT2D eigenvalue weighted by Crippen LogP contribution is -2.04. The number of hydrogen-bond donors (Lipinski definition) is 2. The minimum absolute atomic E-state index is 0.0496. The largest absolute Gasteiger partial charge is 0.479 e. The van der Waals surface area contributed by atoms with Gasteiger partial charge < -0.3 is 15.4 Å². The number of anilines is 2. The van der Waals surface area contributed by atoms with Crippen molar-refractivity contribution in [3.63, 3.8) is 0 Å². The third-order valence-electron chi connectivity index (χ3n) is 3.61. The van der Waals surface area contributed by atoms with Crippen molar-refractivity contribution in [1.29, 1.82) is 0 Å². The van der Waals surface area contributed by atoms with Gasteiger partial charge in [0.2, 0.25) is 0 Å². The molecule has 0 fully saturated rings. The molecule has 2 N–H and O–H groups in total. The maximum atomic E-state index is 13.2. The zero-order valence-electron chi connectivity index (χ0n) is 14.9. The van der Waals surface area contributed by atoms with Crippen LogP contribution in [0.4, 0.5) is 15.9 Å². The van der Waals surface area contributed by atoms with Gasteiger partial charge in [-0.25, -0.2) is 14.4 Å². The zero-order chi connectivity index (χ0) is 19.1. The van der Waals surface area contributed by atoms with Gasteiger partial charge in [-0.3, -0.25) is 0 Å². The van der Waals surface area contributed by atoms with Crippen molar-refractivity contribution >= 4 is 34.0 Å². The van der Waals surface area contributed by atoms with Crippen LogP contribution in [-0.2, 0) is 0 Å². The standard InChI is InChI=1S/C19H20ClFN4O/c1-5-7-26-18-10-16-14(9-17(18)22-4)19(24-11-23-16)25-13(6-2)8-15(20)12(3)21/h1,8-11,22H,6-7H2,2-4H3,(H,23,24,25)/b13-8+,15-12-. The summed E-state index contributed by atoms with van der Waals surface area (Å²) in [5.74, 6) is 3.18. The Balaban J connectivity index is 2.48. The topological polar surface area (TPSA) is 59.1 Å². The number of hydrogen-bond acceptors (Lipinski definition) is 5. The van der Waals surface area contributed by atoms with Crippen molar-refractivity contribution in [2.24, 2.45) is 0 Å². The second-order valence-corrected chi connectivity index (χ2v) is 5.77. The van der Waals surface area contributed by atoms with Crippen molar-refractivity contribution in [3.05, 3.63) is 41.1 Å². The summed E-state index contributed by atoms with van der Waals surface area (Å²) in [5, 5.41) is 7.09. The molecule has 1 aromatic carbocycles. The van der Waals surface area contributed by atoms with Gasteiger partial charge >= 0.3 is 0 Å². The average molecular weight is 375 g/mol. The Kier molecular flexibility index (Phi) is 6.81. The normalized spacial score (nSPS) is 12.4. The number of terminal acetylenes is 1. The van der Waals surface area contributed by atoms with Crippen molar-refractivity contribution in [2.45, 2.75) is 20.3 Å². The van der Waals surface area contributed by atoms with E-state index in [1.807, 2.05) is 13.0 Å². The molecule has 0 radical (unpaired) electrons. The van der Waals surface area contributed by atoms with E-state index in [-0.39, 0.29) is 11.6 Å². The fourth-order valence-corrected chi connectivity index (χ4v) is 2.38. The van der Waals surface area contributed by atoms with Crippen molar-refractivity contribution < 1.29 is 9.13 Å². The highest BCUT2D eigenvalue weighted by Crippen LogP contribution is 2.32. The molecule has 0 aliphatic rings. The number of aromatic nitrogens is 2. The fraction of sp³-hybridized carbons (Fsp3) is 0.263. The monoisotopic (exact) mass is 374 g/mol. The summed E-state index contributed by atoms with van der Waals surface area (Å²) < 4.78 is 18.8. The van der Waals surface area contributed by atoms with Crippen LogP contribution in [-0.4, -0.2) is 23.6 Å². The van der Waals surface area contributed by atoms with Gasteiger partial charge in [-0.2, -0.15) is 0 Å². The molecule has 26 heavy (non-hydrogen) atoms. The van der Waals surface area contributed by atoms with Crippen LogP contribution in [0.3, 0.4) is 0 Å². The molecule has 0 atom stereocenters. The first kappa shape index (κ1) is 19.5. The average Bonchev–Trinajstić information content (AvgIpc) is 2.64. The smallest absolute Gasteiger partial charge is 0.148 e. The highest BCUT2D eigenvalue weighted by Gasteiger charge is 2.11. The van der Waals surface area contributed by atoms with Crippen molar-refractivity contribution in [2.75, 3.05) is 24.3 Å². The molecule has 0 saturated heterocycles.